The first-order chi connectivity index (χ1) is 5.24. The van der Waals surface area contributed by atoms with Gasteiger partial charge in [-0.3, -0.25) is 4.79 Å². The Morgan fingerprint density at radius 3 is 2.82 bits per heavy atom. The van der Waals surface area contributed by atoms with Gasteiger partial charge in [-0.15, -0.1) is 0 Å². The zero-order valence-corrected chi connectivity index (χ0v) is 7.98. The molecular formula is C7H6BrNOS. The quantitative estimate of drug-likeness (QED) is 0.849. The maximum atomic E-state index is 10.7. The van der Waals surface area contributed by atoms with Crippen molar-refractivity contribution in [2.45, 2.75) is 4.90 Å². The maximum Gasteiger partial charge on any atom is 0.248 e. The number of primary amides is 1. The van der Waals surface area contributed by atoms with Gasteiger partial charge in [0, 0.05) is 10.5 Å². The number of carbonyl (C=O) groups excluding carboxylic acids is 1. The van der Waals surface area contributed by atoms with Crippen LogP contribution in [0.25, 0.3) is 0 Å². The predicted molar refractivity (Wildman–Crippen MR) is 49.7 cm³/mol. The third-order valence-corrected chi connectivity index (χ3v) is 2.76. The first-order valence-corrected chi connectivity index (χ1v) is 5.58. The molecule has 0 bridgehead atoms. The minimum Gasteiger partial charge on any atom is -0.366 e. The van der Waals surface area contributed by atoms with Crippen molar-refractivity contribution in [2.24, 2.45) is 5.73 Å². The lowest BCUT2D eigenvalue weighted by Gasteiger charge is -1.96. The molecule has 1 aromatic carbocycles. The number of halogens is 1. The van der Waals surface area contributed by atoms with Crippen molar-refractivity contribution >= 4 is 30.9 Å². The fourth-order valence-electron chi connectivity index (χ4n) is 0.697. The van der Waals surface area contributed by atoms with Crippen molar-refractivity contribution in [3.8, 4) is 0 Å². The molecule has 0 fully saturated rings. The second kappa shape index (κ2) is 3.78. The molecule has 0 spiro atoms. The summed E-state index contributed by atoms with van der Waals surface area (Å²) in [5, 5.41) is 0. The van der Waals surface area contributed by atoms with Crippen molar-refractivity contribution in [2.75, 3.05) is 0 Å². The summed E-state index contributed by atoms with van der Waals surface area (Å²) in [4.78, 5) is 11.6. The second-order valence-corrected chi connectivity index (χ2v) is 3.57. The van der Waals surface area contributed by atoms with E-state index in [4.69, 9.17) is 5.73 Å². The van der Waals surface area contributed by atoms with Gasteiger partial charge in [0.25, 0.3) is 0 Å². The van der Waals surface area contributed by atoms with Crippen LogP contribution in [0.2, 0.25) is 0 Å². The first kappa shape index (κ1) is 8.62. The van der Waals surface area contributed by atoms with E-state index in [1.54, 1.807) is 18.2 Å². The number of carbonyl (C=O) groups is 1. The average Bonchev–Trinajstić information content (AvgIpc) is 2.05. The highest BCUT2D eigenvalue weighted by molar-refractivity contribution is 9.50. The monoisotopic (exact) mass is 231 g/mol. The van der Waals surface area contributed by atoms with Gasteiger partial charge in [0.1, 0.15) is 0 Å². The van der Waals surface area contributed by atoms with Gasteiger partial charge in [0.15, 0.2) is 0 Å². The predicted octanol–water partition coefficient (Wildman–Crippen LogP) is 2.19. The summed E-state index contributed by atoms with van der Waals surface area (Å²) in [7, 11) is 1.41. The molecule has 0 aliphatic heterocycles. The SMILES string of the molecule is NC(=O)c1cccc(SBr)c1. The van der Waals surface area contributed by atoms with Gasteiger partial charge in [-0.2, -0.15) is 0 Å². The highest BCUT2D eigenvalue weighted by atomic mass is 79.9. The minimum absolute atomic E-state index is 0.395. The lowest BCUT2D eigenvalue weighted by molar-refractivity contribution is 0.1000. The zero-order valence-electron chi connectivity index (χ0n) is 5.58. The van der Waals surface area contributed by atoms with E-state index >= 15 is 0 Å². The summed E-state index contributed by atoms with van der Waals surface area (Å²) >= 11 is 3.21. The number of amides is 1. The lowest BCUT2D eigenvalue weighted by atomic mass is 10.2. The number of benzene rings is 1. The molecule has 0 atom stereocenters. The van der Waals surface area contributed by atoms with E-state index in [2.05, 4.69) is 14.8 Å². The topological polar surface area (TPSA) is 43.1 Å². The van der Waals surface area contributed by atoms with E-state index in [1.165, 1.54) is 10.2 Å². The van der Waals surface area contributed by atoms with E-state index in [0.29, 0.717) is 5.56 Å². The van der Waals surface area contributed by atoms with Crippen molar-refractivity contribution in [3.05, 3.63) is 29.8 Å². The van der Waals surface area contributed by atoms with Crippen LogP contribution in [0, 0.1) is 0 Å². The molecule has 0 unspecified atom stereocenters. The van der Waals surface area contributed by atoms with Crippen LogP contribution in [0.1, 0.15) is 10.4 Å². The molecule has 11 heavy (non-hydrogen) atoms. The van der Waals surface area contributed by atoms with Crippen LogP contribution in [-0.4, -0.2) is 5.91 Å². The van der Waals surface area contributed by atoms with Crippen LogP contribution in [-0.2, 0) is 0 Å². The molecule has 0 heterocycles. The Hall–Kier alpha value is -0.480. The Balaban J connectivity index is 3.01. The molecule has 0 saturated heterocycles. The molecule has 0 saturated carbocycles. The molecule has 2 nitrogen and oxygen atoms in total. The second-order valence-electron chi connectivity index (χ2n) is 1.97. The smallest absolute Gasteiger partial charge is 0.248 e. The number of hydrogen-bond acceptors (Lipinski definition) is 2. The standard InChI is InChI=1S/C7H6BrNOS/c8-11-6-3-1-2-5(4-6)7(9)10/h1-4H,(H2,9,10). The van der Waals surface area contributed by atoms with Crippen molar-refractivity contribution < 1.29 is 4.79 Å². The summed E-state index contributed by atoms with van der Waals surface area (Å²) in [6.45, 7) is 0. The number of nitrogens with two attached hydrogens (primary N) is 1. The fraction of sp³-hybridized carbons (Fsp3) is 0. The normalized spacial score (nSPS) is 9.55. The van der Waals surface area contributed by atoms with Gasteiger partial charge in [0.2, 0.25) is 5.91 Å². The molecule has 0 aromatic heterocycles. The van der Waals surface area contributed by atoms with E-state index in [0.717, 1.165) is 4.90 Å². The molecule has 0 aliphatic carbocycles. The third-order valence-electron chi connectivity index (χ3n) is 1.21. The molecule has 0 aliphatic rings. The van der Waals surface area contributed by atoms with Gasteiger partial charge in [-0.25, -0.2) is 0 Å². The van der Waals surface area contributed by atoms with Gasteiger partial charge >= 0.3 is 0 Å². The summed E-state index contributed by atoms with van der Waals surface area (Å²) in [5.74, 6) is -0.395. The summed E-state index contributed by atoms with van der Waals surface area (Å²) in [6, 6.07) is 7.12. The molecule has 4 heteroatoms. The molecular weight excluding hydrogens is 226 g/mol. The van der Waals surface area contributed by atoms with E-state index in [1.807, 2.05) is 6.07 Å². The van der Waals surface area contributed by atoms with Crippen LogP contribution in [0.5, 0.6) is 0 Å². The van der Waals surface area contributed by atoms with Crippen LogP contribution in [0.3, 0.4) is 0 Å². The Kier molecular flexibility index (Phi) is 2.96. The van der Waals surface area contributed by atoms with Crippen molar-refractivity contribution in [3.63, 3.8) is 0 Å². The Morgan fingerprint density at radius 1 is 1.55 bits per heavy atom. The molecule has 58 valence electrons. The summed E-state index contributed by atoms with van der Waals surface area (Å²) in [5.41, 5.74) is 5.61. The molecule has 1 aromatic rings. The highest BCUT2D eigenvalue weighted by Gasteiger charge is 1.99. The van der Waals surface area contributed by atoms with Crippen LogP contribution >= 0.6 is 25.0 Å². The van der Waals surface area contributed by atoms with Gasteiger partial charge in [-0.1, -0.05) is 6.07 Å². The van der Waals surface area contributed by atoms with E-state index in [-0.39, 0.29) is 0 Å². The Labute approximate surface area is 76.4 Å². The Bertz CT molecular complexity index is 277. The fourth-order valence-corrected chi connectivity index (χ4v) is 1.60. The van der Waals surface area contributed by atoms with E-state index < -0.39 is 5.91 Å². The molecule has 0 radical (unpaired) electrons. The number of rotatable bonds is 2. The summed E-state index contributed by atoms with van der Waals surface area (Å²) < 4.78 is 0. The molecule has 1 rings (SSSR count). The third kappa shape index (κ3) is 2.24. The van der Waals surface area contributed by atoms with Crippen LogP contribution < -0.4 is 5.73 Å². The summed E-state index contributed by atoms with van der Waals surface area (Å²) in [6.07, 6.45) is 0. The average molecular weight is 232 g/mol. The van der Waals surface area contributed by atoms with Gasteiger partial charge in [-0.05, 0) is 43.2 Å². The largest absolute Gasteiger partial charge is 0.366 e. The van der Waals surface area contributed by atoms with Gasteiger partial charge < -0.3 is 5.73 Å². The number of hydrogen-bond donors (Lipinski definition) is 1. The van der Waals surface area contributed by atoms with E-state index in [9.17, 15) is 4.79 Å². The highest BCUT2D eigenvalue weighted by Crippen LogP contribution is 2.24. The Morgan fingerprint density at radius 2 is 2.27 bits per heavy atom. The van der Waals surface area contributed by atoms with Crippen LogP contribution in [0.4, 0.5) is 0 Å². The zero-order chi connectivity index (χ0) is 8.27. The first-order valence-electron chi connectivity index (χ1n) is 2.92. The minimum atomic E-state index is -0.395. The van der Waals surface area contributed by atoms with Crippen molar-refractivity contribution in [1.82, 2.24) is 0 Å². The van der Waals surface area contributed by atoms with Gasteiger partial charge in [0.05, 0.1) is 0 Å². The maximum absolute atomic E-state index is 10.7. The van der Waals surface area contributed by atoms with Crippen LogP contribution in [0.15, 0.2) is 29.2 Å². The lowest BCUT2D eigenvalue weighted by Crippen LogP contribution is -2.10. The molecule has 2 N–H and O–H groups in total. The molecule has 1 amide bonds. The van der Waals surface area contributed by atoms with Crippen molar-refractivity contribution in [1.29, 1.82) is 0 Å².